The third kappa shape index (κ3) is 2.65. The molecule has 17 heavy (non-hydrogen) atoms. The molecular formula is C12H9ClO4. The van der Waals surface area contributed by atoms with Gasteiger partial charge in [-0.05, 0) is 31.2 Å². The van der Waals surface area contributed by atoms with Crippen LogP contribution in [0, 0.1) is 0 Å². The highest BCUT2D eigenvalue weighted by Gasteiger charge is 2.25. The van der Waals surface area contributed by atoms with Gasteiger partial charge in [-0.2, -0.15) is 0 Å². The molecule has 0 saturated heterocycles. The fraction of sp³-hybridized carbons (Fsp3) is 0.167. The second kappa shape index (κ2) is 4.59. The van der Waals surface area contributed by atoms with Crippen LogP contribution in [0.5, 0.6) is 0 Å². The molecule has 1 aromatic carbocycles. The van der Waals surface area contributed by atoms with Gasteiger partial charge in [-0.3, -0.25) is 0 Å². The summed E-state index contributed by atoms with van der Waals surface area (Å²) in [5, 5.41) is 0.532. The van der Waals surface area contributed by atoms with Gasteiger partial charge >= 0.3 is 11.9 Å². The summed E-state index contributed by atoms with van der Waals surface area (Å²) in [5.41, 5.74) is 0.780. The van der Waals surface area contributed by atoms with E-state index >= 15 is 0 Å². The molecule has 88 valence electrons. The van der Waals surface area contributed by atoms with Gasteiger partial charge in [-0.15, -0.1) is 0 Å². The highest BCUT2D eigenvalue weighted by molar-refractivity contribution is 6.30. The van der Waals surface area contributed by atoms with Crippen molar-refractivity contribution in [3.8, 4) is 0 Å². The number of hydrogen-bond donors (Lipinski definition) is 0. The summed E-state index contributed by atoms with van der Waals surface area (Å²) < 4.78 is 9.77. The Kier molecular flexibility index (Phi) is 3.15. The number of carbonyl (C=O) groups is 2. The summed E-state index contributed by atoms with van der Waals surface area (Å²) in [6.45, 7) is 1.60. The van der Waals surface area contributed by atoms with Gasteiger partial charge in [0.25, 0.3) is 6.29 Å². The van der Waals surface area contributed by atoms with Crippen molar-refractivity contribution in [2.24, 2.45) is 0 Å². The average Bonchev–Trinajstić information content (AvgIpc) is 2.58. The molecule has 1 aromatic rings. The van der Waals surface area contributed by atoms with Crippen LogP contribution in [0.3, 0.4) is 0 Å². The maximum Gasteiger partial charge on any atom is 0.341 e. The standard InChI is InChI=1S/C12H9ClO4/c1-7-6-10(16-11(7)14)17-12(15)8-2-4-9(13)5-3-8/h2-6,10H,1H3. The molecule has 5 heteroatoms. The molecule has 1 atom stereocenters. The first kappa shape index (κ1) is 11.7. The molecule has 4 nitrogen and oxygen atoms in total. The zero-order valence-electron chi connectivity index (χ0n) is 8.98. The van der Waals surface area contributed by atoms with Crippen LogP contribution in [-0.4, -0.2) is 18.2 Å². The topological polar surface area (TPSA) is 52.6 Å². The first-order chi connectivity index (χ1) is 8.06. The Morgan fingerprint density at radius 1 is 1.35 bits per heavy atom. The first-order valence-corrected chi connectivity index (χ1v) is 5.30. The van der Waals surface area contributed by atoms with Crippen LogP contribution in [0.1, 0.15) is 17.3 Å². The van der Waals surface area contributed by atoms with E-state index in [1.807, 2.05) is 0 Å². The molecule has 0 spiro atoms. The number of carbonyl (C=O) groups excluding carboxylic acids is 2. The minimum absolute atomic E-state index is 0.350. The fourth-order valence-electron chi connectivity index (χ4n) is 1.32. The average molecular weight is 253 g/mol. The van der Waals surface area contributed by atoms with Crippen LogP contribution in [0.2, 0.25) is 5.02 Å². The van der Waals surface area contributed by atoms with E-state index in [1.165, 1.54) is 18.2 Å². The van der Waals surface area contributed by atoms with Crippen LogP contribution >= 0.6 is 11.6 Å². The van der Waals surface area contributed by atoms with Crippen molar-refractivity contribution in [3.63, 3.8) is 0 Å². The van der Waals surface area contributed by atoms with Crippen LogP contribution in [0.25, 0.3) is 0 Å². The zero-order valence-corrected chi connectivity index (χ0v) is 9.73. The molecule has 0 N–H and O–H groups in total. The Morgan fingerprint density at radius 2 is 2.00 bits per heavy atom. The van der Waals surface area contributed by atoms with Crippen molar-refractivity contribution in [1.29, 1.82) is 0 Å². The quantitative estimate of drug-likeness (QED) is 0.758. The van der Waals surface area contributed by atoms with Crippen LogP contribution in [0.4, 0.5) is 0 Å². The Hall–Kier alpha value is -1.81. The largest absolute Gasteiger partial charge is 0.418 e. The molecule has 0 aromatic heterocycles. The predicted molar refractivity (Wildman–Crippen MR) is 60.5 cm³/mol. The van der Waals surface area contributed by atoms with Gasteiger partial charge < -0.3 is 9.47 Å². The van der Waals surface area contributed by atoms with Gasteiger partial charge in [0.2, 0.25) is 0 Å². The number of ether oxygens (including phenoxy) is 2. The highest BCUT2D eigenvalue weighted by Crippen LogP contribution is 2.16. The Balaban J connectivity index is 2.03. The molecule has 1 aliphatic heterocycles. The van der Waals surface area contributed by atoms with E-state index in [1.54, 1.807) is 19.1 Å². The van der Waals surface area contributed by atoms with Crippen molar-refractivity contribution >= 4 is 23.5 Å². The Labute approximate surface area is 103 Å². The van der Waals surface area contributed by atoms with Gasteiger partial charge in [-0.25, -0.2) is 9.59 Å². The summed E-state index contributed by atoms with van der Waals surface area (Å²) in [4.78, 5) is 22.7. The molecule has 0 fully saturated rings. The number of benzene rings is 1. The molecule has 1 heterocycles. The van der Waals surface area contributed by atoms with Gasteiger partial charge in [0.05, 0.1) is 5.56 Å². The third-order valence-corrected chi connectivity index (χ3v) is 2.49. The van der Waals surface area contributed by atoms with Gasteiger partial charge in [0, 0.05) is 16.7 Å². The Morgan fingerprint density at radius 3 is 2.53 bits per heavy atom. The van der Waals surface area contributed by atoms with Gasteiger partial charge in [0.15, 0.2) is 0 Å². The summed E-state index contributed by atoms with van der Waals surface area (Å²) in [7, 11) is 0. The lowest BCUT2D eigenvalue weighted by Gasteiger charge is -2.09. The Bertz CT molecular complexity index is 490. The molecule has 1 unspecified atom stereocenters. The summed E-state index contributed by atoms with van der Waals surface area (Å²) in [5.74, 6) is -1.04. The summed E-state index contributed by atoms with van der Waals surface area (Å²) in [6, 6.07) is 6.25. The van der Waals surface area contributed by atoms with E-state index in [-0.39, 0.29) is 0 Å². The monoisotopic (exact) mass is 252 g/mol. The van der Waals surface area contributed by atoms with E-state index in [0.717, 1.165) is 0 Å². The second-order valence-corrected chi connectivity index (χ2v) is 3.97. The van der Waals surface area contributed by atoms with Gasteiger partial charge in [0.1, 0.15) is 0 Å². The lowest BCUT2D eigenvalue weighted by Crippen LogP contribution is -2.17. The molecular weight excluding hydrogens is 244 g/mol. The fourth-order valence-corrected chi connectivity index (χ4v) is 1.45. The predicted octanol–water partition coefficient (Wildman–Crippen LogP) is 2.33. The molecule has 0 bridgehead atoms. The van der Waals surface area contributed by atoms with Crippen molar-refractivity contribution in [3.05, 3.63) is 46.5 Å². The lowest BCUT2D eigenvalue weighted by atomic mass is 10.2. The second-order valence-electron chi connectivity index (χ2n) is 3.54. The van der Waals surface area contributed by atoms with Crippen LogP contribution in [-0.2, 0) is 14.3 Å². The highest BCUT2D eigenvalue weighted by atomic mass is 35.5. The summed E-state index contributed by atoms with van der Waals surface area (Å²) in [6.07, 6.45) is 0.515. The van der Waals surface area contributed by atoms with Gasteiger partial charge in [-0.1, -0.05) is 11.6 Å². The van der Waals surface area contributed by atoms with Crippen molar-refractivity contribution in [2.75, 3.05) is 0 Å². The first-order valence-electron chi connectivity index (χ1n) is 4.92. The van der Waals surface area contributed by atoms with Crippen molar-refractivity contribution in [1.82, 2.24) is 0 Å². The van der Waals surface area contributed by atoms with E-state index in [2.05, 4.69) is 0 Å². The van der Waals surface area contributed by atoms with E-state index in [4.69, 9.17) is 21.1 Å². The molecule has 0 saturated carbocycles. The minimum atomic E-state index is -0.939. The van der Waals surface area contributed by atoms with E-state index < -0.39 is 18.2 Å². The molecule has 0 radical (unpaired) electrons. The van der Waals surface area contributed by atoms with E-state index in [9.17, 15) is 9.59 Å². The maximum atomic E-state index is 11.6. The molecule has 0 amide bonds. The molecule has 1 aliphatic rings. The number of hydrogen-bond acceptors (Lipinski definition) is 4. The van der Waals surface area contributed by atoms with Crippen LogP contribution in [0.15, 0.2) is 35.9 Å². The van der Waals surface area contributed by atoms with Crippen molar-refractivity contribution in [2.45, 2.75) is 13.2 Å². The van der Waals surface area contributed by atoms with E-state index in [0.29, 0.717) is 16.2 Å². The maximum absolute atomic E-state index is 11.6. The third-order valence-electron chi connectivity index (χ3n) is 2.23. The lowest BCUT2D eigenvalue weighted by molar-refractivity contribution is -0.151. The zero-order chi connectivity index (χ0) is 12.4. The minimum Gasteiger partial charge on any atom is -0.418 e. The van der Waals surface area contributed by atoms with Crippen LogP contribution < -0.4 is 0 Å². The van der Waals surface area contributed by atoms with Crippen molar-refractivity contribution < 1.29 is 19.1 Å². The summed E-state index contributed by atoms with van der Waals surface area (Å²) >= 11 is 5.69. The smallest absolute Gasteiger partial charge is 0.341 e. The number of cyclic esters (lactones) is 1. The number of halogens is 1. The molecule has 2 rings (SSSR count). The normalized spacial score (nSPS) is 18.6. The SMILES string of the molecule is CC1=CC(OC(=O)c2ccc(Cl)cc2)OC1=O. The molecule has 0 aliphatic carbocycles. The number of rotatable bonds is 2. The number of esters is 2.